The fourth-order valence-corrected chi connectivity index (χ4v) is 3.61. The Morgan fingerprint density at radius 3 is 2.41 bits per heavy atom. The Balaban J connectivity index is 1.38. The first kappa shape index (κ1) is 22.8. The lowest BCUT2D eigenvalue weighted by Crippen LogP contribution is -2.23. The number of hydrogen-bond acceptors (Lipinski definition) is 6. The van der Waals surface area contributed by atoms with Crippen LogP contribution in [0.5, 0.6) is 11.5 Å². The van der Waals surface area contributed by atoms with Crippen LogP contribution in [-0.4, -0.2) is 31.7 Å². The highest BCUT2D eigenvalue weighted by Crippen LogP contribution is 2.36. The Morgan fingerprint density at radius 1 is 0.912 bits per heavy atom. The van der Waals surface area contributed by atoms with Crippen molar-refractivity contribution < 1.29 is 23.5 Å². The minimum atomic E-state index is -0.292. The van der Waals surface area contributed by atoms with Crippen molar-refractivity contribution in [1.82, 2.24) is 5.43 Å². The number of nitrogens with zero attached hydrogens (tertiary/aromatic N) is 1. The molecule has 0 unspecified atom stereocenters. The van der Waals surface area contributed by atoms with Gasteiger partial charge in [0.1, 0.15) is 22.7 Å². The summed E-state index contributed by atoms with van der Waals surface area (Å²) in [6, 6.07) is 18.5. The van der Waals surface area contributed by atoms with Gasteiger partial charge < -0.3 is 19.2 Å². The predicted molar refractivity (Wildman–Crippen MR) is 131 cm³/mol. The van der Waals surface area contributed by atoms with Crippen molar-refractivity contribution in [2.45, 2.75) is 19.8 Å². The summed E-state index contributed by atoms with van der Waals surface area (Å²) < 4.78 is 16.5. The maximum absolute atomic E-state index is 12.6. The van der Waals surface area contributed by atoms with Crippen molar-refractivity contribution >= 4 is 45.2 Å². The molecule has 2 N–H and O–H groups in total. The number of amides is 2. The molecule has 0 aliphatic carbocycles. The topological polar surface area (TPSA) is 102 Å². The molecule has 0 aliphatic rings. The molecule has 0 spiro atoms. The lowest BCUT2D eigenvalue weighted by atomic mass is 10.1. The number of carbonyl (C=O) groups excluding carboxylic acids is 2. The molecule has 8 nitrogen and oxygen atoms in total. The third kappa shape index (κ3) is 5.17. The quantitative estimate of drug-likeness (QED) is 0.295. The number of para-hydroxylation sites is 1. The summed E-state index contributed by atoms with van der Waals surface area (Å²) in [5.74, 6) is 0.677. The highest BCUT2D eigenvalue weighted by Gasteiger charge is 2.14. The van der Waals surface area contributed by atoms with Gasteiger partial charge in [-0.3, -0.25) is 9.59 Å². The Labute approximate surface area is 196 Å². The van der Waals surface area contributed by atoms with E-state index in [2.05, 4.69) is 15.8 Å². The summed E-state index contributed by atoms with van der Waals surface area (Å²) in [4.78, 5) is 24.7. The number of ether oxygens (including phenoxy) is 2. The SMILES string of the molecule is COc1ccc(CC(=O)N/N=C(/C)CC(=O)Nc2cc3oc4ccccc4c3cc2OC)cc1. The summed E-state index contributed by atoms with van der Waals surface area (Å²) in [6.07, 6.45) is 0.172. The lowest BCUT2D eigenvalue weighted by molar-refractivity contribution is -0.120. The molecule has 0 saturated heterocycles. The number of hydrazone groups is 1. The van der Waals surface area contributed by atoms with Crippen LogP contribution in [0.3, 0.4) is 0 Å². The first-order valence-corrected chi connectivity index (χ1v) is 10.7. The van der Waals surface area contributed by atoms with Crippen molar-refractivity contribution in [1.29, 1.82) is 0 Å². The van der Waals surface area contributed by atoms with Crippen molar-refractivity contribution in [2.24, 2.45) is 5.10 Å². The van der Waals surface area contributed by atoms with Crippen LogP contribution in [0.25, 0.3) is 21.9 Å². The predicted octanol–water partition coefficient (Wildman–Crippen LogP) is 4.67. The van der Waals surface area contributed by atoms with E-state index in [1.807, 2.05) is 42.5 Å². The summed E-state index contributed by atoms with van der Waals surface area (Å²) in [5.41, 5.74) is 5.68. The number of nitrogens with one attached hydrogen (secondary N) is 2. The highest BCUT2D eigenvalue weighted by molar-refractivity contribution is 6.10. The van der Waals surface area contributed by atoms with Gasteiger partial charge in [0.05, 0.1) is 32.7 Å². The maximum atomic E-state index is 12.6. The molecule has 1 aromatic heterocycles. The van der Waals surface area contributed by atoms with Crippen LogP contribution in [0.15, 0.2) is 70.2 Å². The van der Waals surface area contributed by atoms with Gasteiger partial charge in [0.2, 0.25) is 11.8 Å². The second kappa shape index (κ2) is 10.1. The number of carbonyl (C=O) groups is 2. The molecule has 2 amide bonds. The third-order valence-corrected chi connectivity index (χ3v) is 5.28. The van der Waals surface area contributed by atoms with E-state index in [-0.39, 0.29) is 24.7 Å². The minimum absolute atomic E-state index is 0.00410. The van der Waals surface area contributed by atoms with Gasteiger partial charge in [-0.2, -0.15) is 5.10 Å². The molecule has 0 radical (unpaired) electrons. The van der Waals surface area contributed by atoms with Crippen LogP contribution in [0, 0.1) is 0 Å². The molecule has 0 bridgehead atoms. The fourth-order valence-electron chi connectivity index (χ4n) is 3.61. The molecular formula is C26H25N3O5. The van der Waals surface area contributed by atoms with Crippen molar-refractivity contribution in [3.63, 3.8) is 0 Å². The average Bonchev–Trinajstić information content (AvgIpc) is 3.20. The van der Waals surface area contributed by atoms with Gasteiger partial charge >= 0.3 is 0 Å². The number of furan rings is 1. The maximum Gasteiger partial charge on any atom is 0.244 e. The standard InChI is InChI=1S/C26H25N3O5/c1-16(28-29-26(31)13-17-8-10-18(32-2)11-9-17)12-25(30)27-21-15-23-20(14-24(21)33-3)19-6-4-5-7-22(19)34-23/h4-11,14-15H,12-13H2,1-3H3,(H,27,30)(H,29,31)/b28-16-. The van der Waals surface area contributed by atoms with E-state index in [4.69, 9.17) is 13.9 Å². The third-order valence-electron chi connectivity index (χ3n) is 5.28. The van der Waals surface area contributed by atoms with E-state index in [1.165, 1.54) is 0 Å². The summed E-state index contributed by atoms with van der Waals surface area (Å²) in [5, 5.41) is 8.76. The number of hydrogen-bond donors (Lipinski definition) is 2. The summed E-state index contributed by atoms with van der Waals surface area (Å²) in [6.45, 7) is 1.67. The summed E-state index contributed by atoms with van der Waals surface area (Å²) in [7, 11) is 3.13. The number of anilines is 1. The van der Waals surface area contributed by atoms with Crippen LogP contribution in [0.2, 0.25) is 0 Å². The Morgan fingerprint density at radius 2 is 1.68 bits per heavy atom. The molecular weight excluding hydrogens is 434 g/mol. The normalized spacial score (nSPS) is 11.4. The number of benzene rings is 3. The molecule has 0 aliphatic heterocycles. The van der Waals surface area contributed by atoms with Crippen molar-refractivity contribution in [3.8, 4) is 11.5 Å². The van der Waals surface area contributed by atoms with Gasteiger partial charge in [-0.1, -0.05) is 30.3 Å². The van der Waals surface area contributed by atoms with E-state index >= 15 is 0 Å². The van der Waals surface area contributed by atoms with Gasteiger partial charge in [-0.25, -0.2) is 5.43 Å². The smallest absolute Gasteiger partial charge is 0.244 e. The van der Waals surface area contributed by atoms with Gasteiger partial charge in [-0.15, -0.1) is 0 Å². The van der Waals surface area contributed by atoms with E-state index in [1.54, 1.807) is 39.3 Å². The first-order chi connectivity index (χ1) is 16.5. The van der Waals surface area contributed by atoms with Crippen molar-refractivity contribution in [2.75, 3.05) is 19.5 Å². The van der Waals surface area contributed by atoms with E-state index in [9.17, 15) is 9.59 Å². The molecule has 0 fully saturated rings. The largest absolute Gasteiger partial charge is 0.497 e. The number of fused-ring (bicyclic) bond motifs is 3. The molecule has 4 rings (SSSR count). The zero-order chi connectivity index (χ0) is 24.1. The van der Waals surface area contributed by atoms with Crippen molar-refractivity contribution in [3.05, 3.63) is 66.2 Å². The fraction of sp³-hybridized carbons (Fsp3) is 0.192. The monoisotopic (exact) mass is 459 g/mol. The minimum Gasteiger partial charge on any atom is -0.497 e. The van der Waals surface area contributed by atoms with Gasteiger partial charge in [0.25, 0.3) is 0 Å². The Bertz CT molecular complexity index is 1370. The molecule has 1 heterocycles. The number of rotatable bonds is 8. The van der Waals surface area contributed by atoms with Gasteiger partial charge in [0, 0.05) is 22.6 Å². The van der Waals surface area contributed by atoms with Crippen LogP contribution in [0.4, 0.5) is 5.69 Å². The molecule has 3 aromatic carbocycles. The van der Waals surface area contributed by atoms with E-state index in [0.717, 1.165) is 27.7 Å². The zero-order valence-electron chi connectivity index (χ0n) is 19.2. The molecule has 0 saturated carbocycles. The van der Waals surface area contributed by atoms with Gasteiger partial charge in [0.15, 0.2) is 0 Å². The van der Waals surface area contributed by atoms with E-state index in [0.29, 0.717) is 22.7 Å². The lowest BCUT2D eigenvalue weighted by Gasteiger charge is -2.10. The Hall–Kier alpha value is -4.33. The van der Waals surface area contributed by atoms with Gasteiger partial charge in [-0.05, 0) is 36.8 Å². The average molecular weight is 460 g/mol. The second-order valence-corrected chi connectivity index (χ2v) is 7.78. The second-order valence-electron chi connectivity index (χ2n) is 7.78. The van der Waals surface area contributed by atoms with Crippen LogP contribution in [0.1, 0.15) is 18.9 Å². The number of methoxy groups -OCH3 is 2. The van der Waals surface area contributed by atoms with Crippen LogP contribution < -0.4 is 20.2 Å². The molecule has 8 heteroatoms. The van der Waals surface area contributed by atoms with Crippen LogP contribution in [-0.2, 0) is 16.0 Å². The zero-order valence-corrected chi connectivity index (χ0v) is 19.2. The molecule has 174 valence electrons. The van der Waals surface area contributed by atoms with Crippen LogP contribution >= 0.6 is 0 Å². The van der Waals surface area contributed by atoms with E-state index < -0.39 is 0 Å². The summed E-state index contributed by atoms with van der Waals surface area (Å²) >= 11 is 0. The molecule has 0 atom stereocenters. The molecule has 4 aromatic rings. The Kier molecular flexibility index (Phi) is 6.77. The highest BCUT2D eigenvalue weighted by atomic mass is 16.5. The molecule has 34 heavy (non-hydrogen) atoms. The first-order valence-electron chi connectivity index (χ1n) is 10.7.